The maximum Gasteiger partial charge on any atom is 0.0173 e. The summed E-state index contributed by atoms with van der Waals surface area (Å²) < 4.78 is 0. The Balaban J connectivity index is 2.24. The van der Waals surface area contributed by atoms with E-state index in [1.54, 1.807) is 0 Å². The van der Waals surface area contributed by atoms with Crippen molar-refractivity contribution in [3.05, 3.63) is 12.3 Å². The van der Waals surface area contributed by atoms with Gasteiger partial charge in [-0.2, -0.15) is 0 Å². The molecule has 8 heavy (non-hydrogen) atoms. The van der Waals surface area contributed by atoms with Crippen LogP contribution in [-0.2, 0) is 0 Å². The van der Waals surface area contributed by atoms with Crippen molar-refractivity contribution >= 4 is 0 Å². The van der Waals surface area contributed by atoms with E-state index in [1.165, 1.54) is 25.9 Å². The Bertz CT molecular complexity index is 80.4. The van der Waals surface area contributed by atoms with Crippen molar-refractivity contribution in [1.82, 2.24) is 4.90 Å². The highest BCUT2D eigenvalue weighted by Gasteiger charge is 2.04. The summed E-state index contributed by atoms with van der Waals surface area (Å²) in [6.07, 6.45) is 7.03. The molecule has 0 radical (unpaired) electrons. The number of rotatable bonds is 1. The lowest BCUT2D eigenvalue weighted by Gasteiger charge is -2.08. The summed E-state index contributed by atoms with van der Waals surface area (Å²) in [6, 6.07) is 0. The van der Waals surface area contributed by atoms with Crippen LogP contribution in [0.4, 0.5) is 0 Å². The fourth-order valence-corrected chi connectivity index (χ4v) is 1.10. The lowest BCUT2D eigenvalue weighted by Crippen LogP contribution is -2.09. The minimum absolute atomic E-state index is 1.27. The Kier molecular flexibility index (Phi) is 1.95. The fourth-order valence-electron chi connectivity index (χ4n) is 1.10. The minimum Gasteiger partial charge on any atom is -0.378 e. The largest absolute Gasteiger partial charge is 0.378 e. The zero-order valence-corrected chi connectivity index (χ0v) is 5.43. The predicted molar refractivity (Wildman–Crippen MR) is 35.6 cm³/mol. The van der Waals surface area contributed by atoms with Crippen LogP contribution in [0.5, 0.6) is 0 Å². The summed E-state index contributed by atoms with van der Waals surface area (Å²) in [5, 5.41) is 0. The van der Waals surface area contributed by atoms with Crippen LogP contribution in [0.2, 0.25) is 0 Å². The second-order valence-corrected chi connectivity index (χ2v) is 2.23. The van der Waals surface area contributed by atoms with Crippen molar-refractivity contribution in [2.45, 2.75) is 19.8 Å². The molecule has 1 nitrogen and oxygen atoms in total. The quantitative estimate of drug-likeness (QED) is 0.497. The van der Waals surface area contributed by atoms with Crippen molar-refractivity contribution in [2.75, 3.05) is 13.1 Å². The van der Waals surface area contributed by atoms with Gasteiger partial charge in [0, 0.05) is 13.1 Å². The Hall–Kier alpha value is -0.460. The van der Waals surface area contributed by atoms with E-state index in [-0.39, 0.29) is 0 Å². The standard InChI is InChI=1S/C7H13N/c1-2-5-8-6-3-4-7-8/h2,5H,3-4,6-7H2,1H3/b5-2-. The molecule has 1 rings (SSSR count). The maximum atomic E-state index is 2.36. The summed E-state index contributed by atoms with van der Waals surface area (Å²) in [5.74, 6) is 0. The number of nitrogens with zero attached hydrogens (tertiary/aromatic N) is 1. The molecule has 46 valence electrons. The molecule has 1 saturated heterocycles. The van der Waals surface area contributed by atoms with Crippen molar-refractivity contribution in [3.63, 3.8) is 0 Å². The first-order chi connectivity index (χ1) is 3.93. The smallest absolute Gasteiger partial charge is 0.0173 e. The molecule has 0 bridgehead atoms. The molecule has 1 heterocycles. The topological polar surface area (TPSA) is 3.24 Å². The molecular formula is C7H13N. The molecule has 1 fully saturated rings. The molecule has 0 aliphatic carbocycles. The van der Waals surface area contributed by atoms with Gasteiger partial charge in [-0.3, -0.25) is 0 Å². The van der Waals surface area contributed by atoms with E-state index in [4.69, 9.17) is 0 Å². The van der Waals surface area contributed by atoms with Crippen LogP contribution in [0.15, 0.2) is 12.3 Å². The van der Waals surface area contributed by atoms with Crippen LogP contribution in [-0.4, -0.2) is 18.0 Å². The summed E-state index contributed by atoms with van der Waals surface area (Å²) in [4.78, 5) is 2.36. The maximum absolute atomic E-state index is 2.36. The van der Waals surface area contributed by atoms with Crippen LogP contribution in [0.1, 0.15) is 19.8 Å². The third kappa shape index (κ3) is 1.25. The van der Waals surface area contributed by atoms with Gasteiger partial charge in [-0.05, 0) is 26.0 Å². The van der Waals surface area contributed by atoms with E-state index < -0.39 is 0 Å². The van der Waals surface area contributed by atoms with Gasteiger partial charge >= 0.3 is 0 Å². The van der Waals surface area contributed by atoms with E-state index in [0.29, 0.717) is 0 Å². The molecule has 0 aromatic rings. The van der Waals surface area contributed by atoms with Gasteiger partial charge < -0.3 is 4.90 Å². The Labute approximate surface area is 51.0 Å². The van der Waals surface area contributed by atoms with E-state index in [9.17, 15) is 0 Å². The molecule has 0 aromatic carbocycles. The van der Waals surface area contributed by atoms with Gasteiger partial charge in [-0.15, -0.1) is 0 Å². The molecule has 0 unspecified atom stereocenters. The van der Waals surface area contributed by atoms with Crippen LogP contribution in [0.3, 0.4) is 0 Å². The van der Waals surface area contributed by atoms with Gasteiger partial charge in [0.25, 0.3) is 0 Å². The molecular weight excluding hydrogens is 98.1 g/mol. The highest BCUT2D eigenvalue weighted by Crippen LogP contribution is 2.06. The average molecular weight is 111 g/mol. The third-order valence-electron chi connectivity index (χ3n) is 1.50. The normalized spacial score (nSPS) is 20.9. The third-order valence-corrected chi connectivity index (χ3v) is 1.50. The fraction of sp³-hybridized carbons (Fsp3) is 0.714. The zero-order valence-electron chi connectivity index (χ0n) is 5.43. The van der Waals surface area contributed by atoms with Gasteiger partial charge in [-0.25, -0.2) is 0 Å². The molecule has 0 aromatic heterocycles. The zero-order chi connectivity index (χ0) is 5.82. The number of hydrogen-bond donors (Lipinski definition) is 0. The SMILES string of the molecule is C/C=C\N1CCCC1. The predicted octanol–water partition coefficient (Wildman–Crippen LogP) is 1.62. The molecule has 0 amide bonds. The second-order valence-electron chi connectivity index (χ2n) is 2.23. The highest BCUT2D eigenvalue weighted by molar-refractivity contribution is 4.81. The van der Waals surface area contributed by atoms with Crippen LogP contribution >= 0.6 is 0 Å². The number of allylic oxidation sites excluding steroid dienone is 1. The molecule has 1 heteroatoms. The Morgan fingerprint density at radius 2 is 1.88 bits per heavy atom. The van der Waals surface area contributed by atoms with Crippen LogP contribution < -0.4 is 0 Å². The van der Waals surface area contributed by atoms with E-state index in [0.717, 1.165) is 0 Å². The first-order valence-electron chi connectivity index (χ1n) is 3.30. The van der Waals surface area contributed by atoms with Crippen molar-refractivity contribution in [2.24, 2.45) is 0 Å². The van der Waals surface area contributed by atoms with Crippen LogP contribution in [0, 0.1) is 0 Å². The molecule has 1 aliphatic rings. The van der Waals surface area contributed by atoms with Gasteiger partial charge in [0.2, 0.25) is 0 Å². The lowest BCUT2D eigenvalue weighted by molar-refractivity contribution is 0.467. The Morgan fingerprint density at radius 1 is 1.25 bits per heavy atom. The first kappa shape index (κ1) is 5.67. The molecule has 0 spiro atoms. The molecule has 1 aliphatic heterocycles. The van der Waals surface area contributed by atoms with Crippen molar-refractivity contribution < 1.29 is 0 Å². The summed E-state index contributed by atoms with van der Waals surface area (Å²) in [7, 11) is 0. The second kappa shape index (κ2) is 2.75. The van der Waals surface area contributed by atoms with Gasteiger partial charge in [0.05, 0.1) is 0 Å². The summed E-state index contributed by atoms with van der Waals surface area (Å²) >= 11 is 0. The number of likely N-dealkylation sites (tertiary alicyclic amines) is 1. The monoisotopic (exact) mass is 111 g/mol. The summed E-state index contributed by atoms with van der Waals surface area (Å²) in [5.41, 5.74) is 0. The molecule has 0 atom stereocenters. The minimum atomic E-state index is 1.27. The van der Waals surface area contributed by atoms with E-state index >= 15 is 0 Å². The van der Waals surface area contributed by atoms with E-state index in [1.807, 2.05) is 0 Å². The Morgan fingerprint density at radius 3 is 2.38 bits per heavy atom. The highest BCUT2D eigenvalue weighted by atomic mass is 15.1. The van der Waals surface area contributed by atoms with Crippen molar-refractivity contribution in [1.29, 1.82) is 0 Å². The molecule has 0 N–H and O–H groups in total. The van der Waals surface area contributed by atoms with Gasteiger partial charge in [0.1, 0.15) is 0 Å². The van der Waals surface area contributed by atoms with Crippen LogP contribution in [0.25, 0.3) is 0 Å². The van der Waals surface area contributed by atoms with Gasteiger partial charge in [-0.1, -0.05) is 6.08 Å². The van der Waals surface area contributed by atoms with E-state index in [2.05, 4.69) is 24.1 Å². The lowest BCUT2D eigenvalue weighted by atomic mass is 10.4. The number of hydrogen-bond acceptors (Lipinski definition) is 1. The average Bonchev–Trinajstić information content (AvgIpc) is 2.19. The van der Waals surface area contributed by atoms with Crippen molar-refractivity contribution in [3.8, 4) is 0 Å². The first-order valence-corrected chi connectivity index (χ1v) is 3.30. The summed E-state index contributed by atoms with van der Waals surface area (Å²) in [6.45, 7) is 4.60. The van der Waals surface area contributed by atoms with Gasteiger partial charge in [0.15, 0.2) is 0 Å². The molecule has 0 saturated carbocycles.